The van der Waals surface area contributed by atoms with E-state index >= 15 is 0 Å². The van der Waals surface area contributed by atoms with Gasteiger partial charge in [0.25, 0.3) is 5.91 Å². The van der Waals surface area contributed by atoms with Crippen LogP contribution in [0.5, 0.6) is 11.5 Å². The van der Waals surface area contributed by atoms with E-state index < -0.39 is 0 Å². The molecule has 2 heterocycles. The Bertz CT molecular complexity index is 985. The first kappa shape index (κ1) is 18.4. The highest BCUT2D eigenvalue weighted by molar-refractivity contribution is 7.99. The maximum absolute atomic E-state index is 12.4. The van der Waals surface area contributed by atoms with E-state index in [4.69, 9.17) is 13.9 Å². The number of ether oxygens (including phenoxy) is 2. The number of hydrogen-bond donors (Lipinski definition) is 1. The van der Waals surface area contributed by atoms with Gasteiger partial charge in [-0.15, -0.1) is 16.9 Å². The normalized spacial score (nSPS) is 12.8. The number of carbonyl (C=O) groups excluding carboxylic acids is 1. The van der Waals surface area contributed by atoms with Gasteiger partial charge in [0.15, 0.2) is 11.5 Å². The number of hydrogen-bond acceptors (Lipinski definition) is 7. The summed E-state index contributed by atoms with van der Waals surface area (Å²) in [5.41, 5.74) is 1.21. The second-order valence-electron chi connectivity index (χ2n) is 6.42. The second kappa shape index (κ2) is 7.93. The first-order valence-electron chi connectivity index (χ1n) is 8.90. The summed E-state index contributed by atoms with van der Waals surface area (Å²) in [6.45, 7) is 5.27. The van der Waals surface area contributed by atoms with E-state index in [0.29, 0.717) is 41.1 Å². The molecule has 1 amide bonds. The van der Waals surface area contributed by atoms with E-state index in [1.54, 1.807) is 42.1 Å². The first-order chi connectivity index (χ1) is 13.6. The molecule has 0 unspecified atom stereocenters. The number of anilines is 1. The molecule has 0 atom stereocenters. The van der Waals surface area contributed by atoms with Crippen LogP contribution in [0.15, 0.2) is 51.8 Å². The van der Waals surface area contributed by atoms with E-state index in [1.807, 2.05) is 12.1 Å². The lowest BCUT2D eigenvalue weighted by atomic mass is 10.2. The van der Waals surface area contributed by atoms with Crippen LogP contribution in [0, 0.1) is 0 Å². The Morgan fingerprint density at radius 3 is 2.54 bits per heavy atom. The van der Waals surface area contributed by atoms with Crippen LogP contribution < -0.4 is 14.8 Å². The lowest BCUT2D eigenvalue weighted by molar-refractivity contribution is 0.102. The Morgan fingerprint density at radius 2 is 1.79 bits per heavy atom. The number of fused-ring (bicyclic) bond motifs is 1. The third-order valence-electron chi connectivity index (χ3n) is 3.92. The Balaban J connectivity index is 1.45. The zero-order chi connectivity index (χ0) is 19.5. The van der Waals surface area contributed by atoms with Gasteiger partial charge in [-0.1, -0.05) is 18.9 Å². The highest BCUT2D eigenvalue weighted by Gasteiger charge is 2.17. The molecule has 1 N–H and O–H groups in total. The van der Waals surface area contributed by atoms with Gasteiger partial charge in [-0.05, 0) is 42.5 Å². The fourth-order valence-corrected chi connectivity index (χ4v) is 3.53. The van der Waals surface area contributed by atoms with Crippen LogP contribution in [0.25, 0.3) is 11.5 Å². The van der Waals surface area contributed by atoms with Crippen molar-refractivity contribution >= 4 is 23.7 Å². The Hall–Kier alpha value is -3.00. The van der Waals surface area contributed by atoms with Crippen molar-refractivity contribution < 1.29 is 18.7 Å². The number of amides is 1. The molecule has 144 valence electrons. The van der Waals surface area contributed by atoms with E-state index in [2.05, 4.69) is 29.4 Å². The van der Waals surface area contributed by atoms with Crippen molar-refractivity contribution in [3.63, 3.8) is 0 Å². The summed E-state index contributed by atoms with van der Waals surface area (Å²) in [6, 6.07) is 12.8. The lowest BCUT2D eigenvalue weighted by Crippen LogP contribution is -2.15. The topological polar surface area (TPSA) is 86.5 Å². The average molecular weight is 397 g/mol. The minimum Gasteiger partial charge on any atom is -0.486 e. The van der Waals surface area contributed by atoms with Gasteiger partial charge >= 0.3 is 6.01 Å². The molecular formula is C20H19N3O4S. The van der Waals surface area contributed by atoms with Gasteiger partial charge < -0.3 is 13.9 Å². The van der Waals surface area contributed by atoms with Crippen LogP contribution in [-0.2, 0) is 0 Å². The Morgan fingerprint density at radius 1 is 1.04 bits per heavy atom. The molecule has 7 nitrogen and oxygen atoms in total. The molecule has 28 heavy (non-hydrogen) atoms. The summed E-state index contributed by atoms with van der Waals surface area (Å²) >= 11 is 1.74. The van der Waals surface area contributed by atoms with Crippen molar-refractivity contribution in [2.75, 3.05) is 18.5 Å². The molecule has 0 saturated heterocycles. The van der Waals surface area contributed by atoms with Crippen molar-refractivity contribution in [1.29, 1.82) is 0 Å². The van der Waals surface area contributed by atoms with Gasteiger partial charge in [-0.25, -0.2) is 0 Å². The third-order valence-corrected chi connectivity index (χ3v) is 4.94. The maximum Gasteiger partial charge on any atom is 0.322 e. The van der Waals surface area contributed by atoms with Gasteiger partial charge in [0, 0.05) is 21.3 Å². The summed E-state index contributed by atoms with van der Waals surface area (Å²) < 4.78 is 16.6. The predicted octanol–water partition coefficient (Wildman–Crippen LogP) is 4.26. The summed E-state index contributed by atoms with van der Waals surface area (Å²) in [5, 5.41) is 11.0. The highest BCUT2D eigenvalue weighted by Crippen LogP contribution is 2.34. The third kappa shape index (κ3) is 4.12. The fourth-order valence-electron chi connectivity index (χ4n) is 2.69. The maximum atomic E-state index is 12.4. The van der Waals surface area contributed by atoms with Crippen LogP contribution in [0.1, 0.15) is 24.2 Å². The van der Waals surface area contributed by atoms with Crippen LogP contribution in [0.2, 0.25) is 0 Å². The van der Waals surface area contributed by atoms with Gasteiger partial charge in [0.2, 0.25) is 5.89 Å². The van der Waals surface area contributed by atoms with Crippen molar-refractivity contribution in [3.05, 3.63) is 48.0 Å². The molecule has 0 saturated carbocycles. The molecule has 0 spiro atoms. The summed E-state index contributed by atoms with van der Waals surface area (Å²) in [7, 11) is 0. The molecule has 0 bridgehead atoms. The smallest absolute Gasteiger partial charge is 0.322 e. The first-order valence-corrected chi connectivity index (χ1v) is 9.78. The lowest BCUT2D eigenvalue weighted by Gasteiger charge is -2.18. The fraction of sp³-hybridized carbons (Fsp3) is 0.250. The molecule has 2 aromatic carbocycles. The molecule has 0 fully saturated rings. The van der Waals surface area contributed by atoms with E-state index in [9.17, 15) is 4.79 Å². The molecule has 0 radical (unpaired) electrons. The van der Waals surface area contributed by atoms with Crippen molar-refractivity contribution in [1.82, 2.24) is 10.2 Å². The number of thioether (sulfide) groups is 1. The van der Waals surface area contributed by atoms with Crippen molar-refractivity contribution in [3.8, 4) is 23.0 Å². The summed E-state index contributed by atoms with van der Waals surface area (Å²) in [5.74, 6) is 1.29. The van der Waals surface area contributed by atoms with E-state index in [1.165, 1.54) is 0 Å². The van der Waals surface area contributed by atoms with Crippen LogP contribution in [0.4, 0.5) is 6.01 Å². The largest absolute Gasteiger partial charge is 0.486 e. The van der Waals surface area contributed by atoms with Crippen molar-refractivity contribution in [2.24, 2.45) is 0 Å². The standard InChI is InChI=1S/C20H19N3O4S/c1-12(2)28-15-6-3-13(4-7-15)18(24)21-20-23-22-19(27-20)14-5-8-16-17(11-14)26-10-9-25-16/h3-8,11-12H,9-10H2,1-2H3,(H,21,23,24). The van der Waals surface area contributed by atoms with Crippen LogP contribution >= 0.6 is 11.8 Å². The Labute approximate surface area is 166 Å². The van der Waals surface area contributed by atoms with Gasteiger partial charge in [-0.3, -0.25) is 10.1 Å². The van der Waals surface area contributed by atoms with Gasteiger partial charge in [-0.2, -0.15) is 0 Å². The molecule has 4 rings (SSSR count). The molecular weight excluding hydrogens is 378 g/mol. The summed E-state index contributed by atoms with van der Waals surface area (Å²) in [4.78, 5) is 13.5. The van der Waals surface area contributed by atoms with Crippen LogP contribution in [0.3, 0.4) is 0 Å². The summed E-state index contributed by atoms with van der Waals surface area (Å²) in [6.07, 6.45) is 0. The number of rotatable bonds is 5. The Kier molecular flexibility index (Phi) is 5.21. The zero-order valence-electron chi connectivity index (χ0n) is 15.5. The monoisotopic (exact) mass is 397 g/mol. The molecule has 8 heteroatoms. The number of nitrogens with zero attached hydrogens (tertiary/aromatic N) is 2. The van der Waals surface area contributed by atoms with E-state index in [-0.39, 0.29) is 17.8 Å². The number of nitrogens with one attached hydrogen (secondary N) is 1. The van der Waals surface area contributed by atoms with Gasteiger partial charge in [0.05, 0.1) is 0 Å². The average Bonchev–Trinajstić information content (AvgIpc) is 3.16. The number of aromatic nitrogens is 2. The molecule has 1 aromatic heterocycles. The molecule has 1 aliphatic heterocycles. The van der Waals surface area contributed by atoms with Gasteiger partial charge in [0.1, 0.15) is 13.2 Å². The zero-order valence-corrected chi connectivity index (χ0v) is 16.3. The quantitative estimate of drug-likeness (QED) is 0.644. The minimum absolute atomic E-state index is 0.0375. The molecule has 1 aliphatic rings. The molecule has 0 aliphatic carbocycles. The van der Waals surface area contributed by atoms with Crippen LogP contribution in [-0.4, -0.2) is 34.6 Å². The van der Waals surface area contributed by atoms with Crippen molar-refractivity contribution in [2.45, 2.75) is 24.0 Å². The number of carbonyl (C=O) groups is 1. The van der Waals surface area contributed by atoms with E-state index in [0.717, 1.165) is 4.90 Å². The highest BCUT2D eigenvalue weighted by atomic mass is 32.2. The SMILES string of the molecule is CC(C)Sc1ccc(C(=O)Nc2nnc(-c3ccc4c(c3)OCCO4)o2)cc1. The predicted molar refractivity (Wildman–Crippen MR) is 106 cm³/mol. The minimum atomic E-state index is -0.307. The second-order valence-corrected chi connectivity index (χ2v) is 8.07. The number of benzene rings is 2. The molecule has 3 aromatic rings.